The Bertz CT molecular complexity index is 535. The number of rotatable bonds is 3. The number of carbonyl (C=O) groups excluding carboxylic acids is 1. The summed E-state index contributed by atoms with van der Waals surface area (Å²) in [5, 5.41) is 13.6. The van der Waals surface area contributed by atoms with Crippen LogP contribution in [0.5, 0.6) is 0 Å². The molecule has 126 valence electrons. The normalized spacial score (nSPS) is 37.0. The number of benzene rings is 1. The summed E-state index contributed by atoms with van der Waals surface area (Å²) in [5.74, 6) is 0.249. The van der Waals surface area contributed by atoms with E-state index in [4.69, 9.17) is 9.47 Å². The molecule has 1 aliphatic heterocycles. The zero-order chi connectivity index (χ0) is 16.4. The number of hydrogen-bond donors (Lipinski definition) is 2. The number of ether oxygens (including phenoxy) is 2. The minimum absolute atomic E-state index is 0.0113. The van der Waals surface area contributed by atoms with Crippen LogP contribution in [0.1, 0.15) is 37.7 Å². The lowest BCUT2D eigenvalue weighted by Crippen LogP contribution is -2.62. The van der Waals surface area contributed by atoms with Crippen molar-refractivity contribution in [1.29, 1.82) is 0 Å². The highest BCUT2D eigenvalue weighted by Gasteiger charge is 2.48. The highest BCUT2D eigenvalue weighted by Crippen LogP contribution is 2.42. The van der Waals surface area contributed by atoms with E-state index in [1.807, 2.05) is 6.07 Å². The van der Waals surface area contributed by atoms with Crippen molar-refractivity contribution in [2.45, 2.75) is 56.6 Å². The Balaban J connectivity index is 1.76. The molecule has 1 aromatic rings. The number of carbonyl (C=O) groups is 1. The molecular weight excluding hydrogens is 294 g/mol. The van der Waals surface area contributed by atoms with Crippen molar-refractivity contribution in [3.63, 3.8) is 0 Å². The van der Waals surface area contributed by atoms with Crippen LogP contribution >= 0.6 is 0 Å². The van der Waals surface area contributed by atoms with E-state index in [0.29, 0.717) is 5.92 Å². The van der Waals surface area contributed by atoms with E-state index >= 15 is 0 Å². The minimum Gasteiger partial charge on any atom is -0.390 e. The van der Waals surface area contributed by atoms with Gasteiger partial charge in [0, 0.05) is 20.0 Å². The molecule has 2 fully saturated rings. The number of nitrogens with one attached hydrogen (secondary N) is 1. The summed E-state index contributed by atoms with van der Waals surface area (Å²) < 4.78 is 11.3. The van der Waals surface area contributed by atoms with Gasteiger partial charge in [-0.1, -0.05) is 30.3 Å². The topological polar surface area (TPSA) is 67.8 Å². The van der Waals surface area contributed by atoms with E-state index in [-0.39, 0.29) is 17.9 Å². The summed E-state index contributed by atoms with van der Waals surface area (Å²) in [6.07, 6.45) is 1.53. The lowest BCUT2D eigenvalue weighted by atomic mass is 9.71. The summed E-state index contributed by atoms with van der Waals surface area (Å²) in [7, 11) is 1.54. The Morgan fingerprint density at radius 3 is 2.70 bits per heavy atom. The summed E-state index contributed by atoms with van der Waals surface area (Å²) in [4.78, 5) is 11.4. The molecule has 5 heteroatoms. The van der Waals surface area contributed by atoms with Gasteiger partial charge in [-0.2, -0.15) is 0 Å². The number of hydrogen-bond acceptors (Lipinski definition) is 4. The monoisotopic (exact) mass is 319 g/mol. The molecule has 5 nitrogen and oxygen atoms in total. The fourth-order valence-corrected chi connectivity index (χ4v) is 4.01. The molecule has 1 amide bonds. The van der Waals surface area contributed by atoms with Crippen molar-refractivity contribution >= 4 is 5.91 Å². The van der Waals surface area contributed by atoms with Crippen LogP contribution in [0.4, 0.5) is 0 Å². The first-order chi connectivity index (χ1) is 11.1. The molecule has 0 aromatic heterocycles. The van der Waals surface area contributed by atoms with E-state index in [1.54, 1.807) is 7.11 Å². The van der Waals surface area contributed by atoms with E-state index < -0.39 is 18.4 Å². The van der Waals surface area contributed by atoms with Crippen molar-refractivity contribution < 1.29 is 19.4 Å². The third-order valence-electron chi connectivity index (χ3n) is 5.12. The zero-order valence-electron chi connectivity index (χ0n) is 13.6. The Morgan fingerprint density at radius 2 is 2.04 bits per heavy atom. The first-order valence-electron chi connectivity index (χ1n) is 8.28. The van der Waals surface area contributed by atoms with Crippen LogP contribution in [0.25, 0.3) is 0 Å². The molecule has 0 spiro atoms. The number of aliphatic hydroxyl groups is 1. The van der Waals surface area contributed by atoms with Gasteiger partial charge in [0.25, 0.3) is 0 Å². The van der Waals surface area contributed by atoms with Gasteiger partial charge in [0.2, 0.25) is 5.91 Å². The average molecular weight is 319 g/mol. The molecule has 0 unspecified atom stereocenters. The predicted octanol–water partition coefficient (Wildman–Crippen LogP) is 1.81. The first-order valence-corrected chi connectivity index (χ1v) is 8.28. The second kappa shape index (κ2) is 6.99. The number of amides is 1. The highest BCUT2D eigenvalue weighted by molar-refractivity contribution is 5.73. The largest absolute Gasteiger partial charge is 0.390 e. The number of methoxy groups -OCH3 is 1. The van der Waals surface area contributed by atoms with Crippen LogP contribution in [0.2, 0.25) is 0 Å². The fraction of sp³-hybridized carbons (Fsp3) is 0.611. The highest BCUT2D eigenvalue weighted by atomic mass is 16.7. The molecule has 0 radical (unpaired) electrons. The molecule has 1 aliphatic carbocycles. The summed E-state index contributed by atoms with van der Waals surface area (Å²) in [6.45, 7) is 1.44. The lowest BCUT2D eigenvalue weighted by molar-refractivity contribution is -0.250. The number of fused-ring (bicyclic) bond motifs is 1. The van der Waals surface area contributed by atoms with Gasteiger partial charge in [-0.15, -0.1) is 0 Å². The third kappa shape index (κ3) is 3.42. The van der Waals surface area contributed by atoms with Crippen LogP contribution in [-0.4, -0.2) is 42.7 Å². The van der Waals surface area contributed by atoms with Gasteiger partial charge in [-0.3, -0.25) is 4.79 Å². The molecule has 1 saturated carbocycles. The van der Waals surface area contributed by atoms with Crippen molar-refractivity contribution in [3.8, 4) is 0 Å². The molecule has 2 aliphatic rings. The van der Waals surface area contributed by atoms with Crippen LogP contribution in [0.3, 0.4) is 0 Å². The molecule has 1 saturated heterocycles. The number of aliphatic hydroxyl groups excluding tert-OH is 1. The van der Waals surface area contributed by atoms with Crippen molar-refractivity contribution in [1.82, 2.24) is 5.32 Å². The molecule has 6 atom stereocenters. The van der Waals surface area contributed by atoms with E-state index in [2.05, 4.69) is 29.6 Å². The van der Waals surface area contributed by atoms with Gasteiger partial charge in [-0.25, -0.2) is 0 Å². The van der Waals surface area contributed by atoms with E-state index in [9.17, 15) is 9.90 Å². The molecule has 1 heterocycles. The zero-order valence-corrected chi connectivity index (χ0v) is 13.6. The van der Waals surface area contributed by atoms with Gasteiger partial charge in [-0.05, 0) is 30.7 Å². The Morgan fingerprint density at radius 1 is 1.30 bits per heavy atom. The summed E-state index contributed by atoms with van der Waals surface area (Å²) in [5.41, 5.74) is 1.31. The third-order valence-corrected chi connectivity index (χ3v) is 5.12. The molecular formula is C18H25NO4. The second-order valence-electron chi connectivity index (χ2n) is 6.58. The van der Waals surface area contributed by atoms with Crippen molar-refractivity contribution in [2.24, 2.45) is 5.92 Å². The summed E-state index contributed by atoms with van der Waals surface area (Å²) in [6, 6.07) is 9.89. The first kappa shape index (κ1) is 16.4. The van der Waals surface area contributed by atoms with Crippen LogP contribution in [0, 0.1) is 5.92 Å². The SMILES string of the molecule is CO[C@H]1O[C@H]2CC[C@@H](c3ccccc3)C[C@H]2[C@H](O)[C@@H]1NC(C)=O. The minimum atomic E-state index is -0.658. The summed E-state index contributed by atoms with van der Waals surface area (Å²) >= 11 is 0. The Hall–Kier alpha value is -1.43. The molecule has 23 heavy (non-hydrogen) atoms. The lowest BCUT2D eigenvalue weighted by Gasteiger charge is -2.48. The molecule has 3 rings (SSSR count). The maximum absolute atomic E-state index is 11.4. The maximum Gasteiger partial charge on any atom is 0.217 e. The molecule has 2 N–H and O–H groups in total. The maximum atomic E-state index is 11.4. The van der Waals surface area contributed by atoms with Gasteiger partial charge >= 0.3 is 0 Å². The van der Waals surface area contributed by atoms with Gasteiger partial charge in [0.1, 0.15) is 6.04 Å². The van der Waals surface area contributed by atoms with Gasteiger partial charge in [0.15, 0.2) is 6.29 Å². The van der Waals surface area contributed by atoms with Crippen molar-refractivity contribution in [3.05, 3.63) is 35.9 Å². The van der Waals surface area contributed by atoms with Gasteiger partial charge < -0.3 is 19.9 Å². The predicted molar refractivity (Wildman–Crippen MR) is 85.8 cm³/mol. The van der Waals surface area contributed by atoms with Crippen molar-refractivity contribution in [2.75, 3.05) is 7.11 Å². The van der Waals surface area contributed by atoms with Gasteiger partial charge in [0.05, 0.1) is 12.2 Å². The van der Waals surface area contributed by atoms with Crippen LogP contribution in [0.15, 0.2) is 30.3 Å². The molecule has 1 aromatic carbocycles. The van der Waals surface area contributed by atoms with Crippen LogP contribution in [-0.2, 0) is 14.3 Å². The fourth-order valence-electron chi connectivity index (χ4n) is 4.01. The Kier molecular flexibility index (Phi) is 4.99. The smallest absolute Gasteiger partial charge is 0.217 e. The molecule has 0 bridgehead atoms. The van der Waals surface area contributed by atoms with E-state index in [0.717, 1.165) is 19.3 Å². The average Bonchev–Trinajstić information content (AvgIpc) is 2.57. The Labute approximate surface area is 137 Å². The van der Waals surface area contributed by atoms with Crippen LogP contribution < -0.4 is 5.32 Å². The van der Waals surface area contributed by atoms with E-state index in [1.165, 1.54) is 12.5 Å². The standard InChI is InChI=1S/C18H25NO4/c1-11(20)19-16-17(21)14-10-13(12-6-4-3-5-7-12)8-9-15(14)23-18(16)22-2/h3-7,13-18,21H,8-10H2,1-2H3,(H,19,20)/t13-,14-,15+,16+,17+,18+/m1/s1. The second-order valence-corrected chi connectivity index (χ2v) is 6.58. The quantitative estimate of drug-likeness (QED) is 0.891.